The van der Waals surface area contributed by atoms with Gasteiger partial charge in [0.05, 0.1) is 5.69 Å². The highest BCUT2D eigenvalue weighted by Gasteiger charge is 2.08. The fourth-order valence-electron chi connectivity index (χ4n) is 1.39. The number of amides is 1. The zero-order valence-electron chi connectivity index (χ0n) is 9.08. The van der Waals surface area contributed by atoms with Gasteiger partial charge in [0.25, 0.3) is 5.91 Å². The van der Waals surface area contributed by atoms with Gasteiger partial charge in [-0.25, -0.2) is 0 Å². The zero-order valence-corrected chi connectivity index (χ0v) is 13.0. The van der Waals surface area contributed by atoms with Crippen LogP contribution in [0.25, 0.3) is 0 Å². The molecule has 0 saturated heterocycles. The number of anilines is 1. The van der Waals surface area contributed by atoms with E-state index >= 15 is 0 Å². The van der Waals surface area contributed by atoms with Crippen LogP contribution >= 0.6 is 43.5 Å². The topological polar surface area (TPSA) is 29.1 Å². The Labute approximate surface area is 127 Å². The maximum Gasteiger partial charge on any atom is 0.255 e. The number of hydrogen-bond donors (Lipinski definition) is 1. The summed E-state index contributed by atoms with van der Waals surface area (Å²) in [5.41, 5.74) is 1.28. The highest BCUT2D eigenvalue weighted by Crippen LogP contribution is 2.26. The largest absolute Gasteiger partial charge is 0.321 e. The zero-order chi connectivity index (χ0) is 13.1. The van der Waals surface area contributed by atoms with Crippen LogP contribution in [0.5, 0.6) is 0 Å². The molecule has 0 saturated carbocycles. The lowest BCUT2D eigenvalue weighted by atomic mass is 10.2. The van der Waals surface area contributed by atoms with Crippen LogP contribution in [0, 0.1) is 0 Å². The fourth-order valence-corrected chi connectivity index (χ4v) is 2.66. The second kappa shape index (κ2) is 5.87. The predicted molar refractivity (Wildman–Crippen MR) is 81.2 cm³/mol. The molecule has 0 aliphatic heterocycles. The van der Waals surface area contributed by atoms with Gasteiger partial charge in [-0.2, -0.15) is 0 Å². The van der Waals surface area contributed by atoms with Crippen molar-refractivity contribution in [3.63, 3.8) is 0 Å². The predicted octanol–water partition coefficient (Wildman–Crippen LogP) is 5.12. The minimum absolute atomic E-state index is 0.172. The first-order valence-electron chi connectivity index (χ1n) is 5.08. The van der Waals surface area contributed by atoms with Crippen LogP contribution in [0.1, 0.15) is 10.4 Å². The molecule has 18 heavy (non-hydrogen) atoms. The molecule has 5 heteroatoms. The molecule has 2 rings (SSSR count). The van der Waals surface area contributed by atoms with E-state index in [4.69, 9.17) is 11.6 Å². The maximum absolute atomic E-state index is 12.0. The SMILES string of the molecule is O=C(Nc1ccc(Br)cc1Br)c1ccc(Cl)cc1. The monoisotopic (exact) mass is 387 g/mol. The van der Waals surface area contributed by atoms with E-state index in [0.717, 1.165) is 14.6 Å². The molecule has 2 nitrogen and oxygen atoms in total. The second-order valence-electron chi connectivity index (χ2n) is 3.59. The van der Waals surface area contributed by atoms with E-state index < -0.39 is 0 Å². The third kappa shape index (κ3) is 3.34. The van der Waals surface area contributed by atoms with Crippen LogP contribution in [0.15, 0.2) is 51.4 Å². The minimum atomic E-state index is -0.172. The second-order valence-corrected chi connectivity index (χ2v) is 5.79. The molecule has 1 amide bonds. The molecule has 2 aromatic carbocycles. The van der Waals surface area contributed by atoms with Crippen molar-refractivity contribution < 1.29 is 4.79 Å². The number of benzene rings is 2. The maximum atomic E-state index is 12.0. The minimum Gasteiger partial charge on any atom is -0.321 e. The number of carbonyl (C=O) groups excluding carboxylic acids is 1. The number of nitrogens with one attached hydrogen (secondary N) is 1. The molecule has 1 N–H and O–H groups in total. The van der Waals surface area contributed by atoms with E-state index in [0.29, 0.717) is 10.6 Å². The number of halogens is 3. The molecule has 0 spiro atoms. The first-order valence-corrected chi connectivity index (χ1v) is 7.04. The van der Waals surface area contributed by atoms with Gasteiger partial charge in [0.1, 0.15) is 0 Å². The summed E-state index contributed by atoms with van der Waals surface area (Å²) < 4.78 is 1.76. The van der Waals surface area contributed by atoms with Crippen LogP contribution in [-0.4, -0.2) is 5.91 Å². The first kappa shape index (κ1) is 13.6. The molecule has 0 aliphatic carbocycles. The van der Waals surface area contributed by atoms with Crippen LogP contribution in [0.4, 0.5) is 5.69 Å². The molecule has 0 heterocycles. The Hall–Kier alpha value is -0.840. The van der Waals surface area contributed by atoms with Gasteiger partial charge in [-0.15, -0.1) is 0 Å². The smallest absolute Gasteiger partial charge is 0.255 e. The van der Waals surface area contributed by atoms with E-state index in [-0.39, 0.29) is 5.91 Å². The molecule has 0 aromatic heterocycles. The van der Waals surface area contributed by atoms with E-state index in [1.165, 1.54) is 0 Å². The van der Waals surface area contributed by atoms with Gasteiger partial charge in [0.2, 0.25) is 0 Å². The van der Waals surface area contributed by atoms with Crippen molar-refractivity contribution in [1.82, 2.24) is 0 Å². The fraction of sp³-hybridized carbons (Fsp3) is 0. The normalized spacial score (nSPS) is 10.2. The van der Waals surface area contributed by atoms with Gasteiger partial charge in [0.15, 0.2) is 0 Å². The van der Waals surface area contributed by atoms with Crippen molar-refractivity contribution in [2.75, 3.05) is 5.32 Å². The van der Waals surface area contributed by atoms with Gasteiger partial charge in [-0.05, 0) is 58.4 Å². The lowest BCUT2D eigenvalue weighted by Gasteiger charge is -2.07. The van der Waals surface area contributed by atoms with Crippen LogP contribution in [0.3, 0.4) is 0 Å². The van der Waals surface area contributed by atoms with Gasteiger partial charge in [-0.3, -0.25) is 4.79 Å². The molecule has 0 radical (unpaired) electrons. The molecule has 0 unspecified atom stereocenters. The number of rotatable bonds is 2. The highest BCUT2D eigenvalue weighted by molar-refractivity contribution is 9.11. The summed E-state index contributed by atoms with van der Waals surface area (Å²) in [6.45, 7) is 0. The standard InChI is InChI=1S/C13H8Br2ClNO/c14-9-3-6-12(11(15)7-9)17-13(18)8-1-4-10(16)5-2-8/h1-7H,(H,17,18). The Kier molecular flexibility index (Phi) is 4.43. The van der Waals surface area contributed by atoms with Crippen molar-refractivity contribution in [3.8, 4) is 0 Å². The van der Waals surface area contributed by atoms with Crippen molar-refractivity contribution >= 4 is 55.1 Å². The summed E-state index contributed by atoms with van der Waals surface area (Å²) in [6.07, 6.45) is 0. The molecular weight excluding hydrogens is 381 g/mol. The van der Waals surface area contributed by atoms with E-state index in [9.17, 15) is 4.79 Å². The highest BCUT2D eigenvalue weighted by atomic mass is 79.9. The quantitative estimate of drug-likeness (QED) is 0.759. The molecular formula is C13H8Br2ClNO. The van der Waals surface area contributed by atoms with Crippen molar-refractivity contribution in [2.45, 2.75) is 0 Å². The Balaban J connectivity index is 2.18. The van der Waals surface area contributed by atoms with Crippen molar-refractivity contribution in [1.29, 1.82) is 0 Å². The van der Waals surface area contributed by atoms with E-state index in [1.54, 1.807) is 24.3 Å². The Morgan fingerprint density at radius 1 is 1.06 bits per heavy atom. The Morgan fingerprint density at radius 2 is 1.72 bits per heavy atom. The summed E-state index contributed by atoms with van der Waals surface area (Å²) in [5.74, 6) is -0.172. The molecule has 0 bridgehead atoms. The lowest BCUT2D eigenvalue weighted by molar-refractivity contribution is 0.102. The lowest BCUT2D eigenvalue weighted by Crippen LogP contribution is -2.11. The molecule has 0 aliphatic rings. The van der Waals surface area contributed by atoms with Crippen LogP contribution in [-0.2, 0) is 0 Å². The van der Waals surface area contributed by atoms with Gasteiger partial charge < -0.3 is 5.32 Å². The molecule has 0 atom stereocenters. The number of hydrogen-bond acceptors (Lipinski definition) is 1. The van der Waals surface area contributed by atoms with Crippen molar-refractivity contribution in [3.05, 3.63) is 62.0 Å². The molecule has 92 valence electrons. The summed E-state index contributed by atoms with van der Waals surface area (Å²) in [4.78, 5) is 12.0. The van der Waals surface area contributed by atoms with E-state index in [1.807, 2.05) is 18.2 Å². The summed E-state index contributed by atoms with van der Waals surface area (Å²) in [5, 5.41) is 3.43. The van der Waals surface area contributed by atoms with Crippen molar-refractivity contribution in [2.24, 2.45) is 0 Å². The Morgan fingerprint density at radius 3 is 2.33 bits per heavy atom. The summed E-state index contributed by atoms with van der Waals surface area (Å²) in [6, 6.07) is 12.3. The summed E-state index contributed by atoms with van der Waals surface area (Å²) >= 11 is 12.5. The third-order valence-corrected chi connectivity index (χ3v) is 3.69. The van der Waals surface area contributed by atoms with Gasteiger partial charge in [0, 0.05) is 19.5 Å². The first-order chi connectivity index (χ1) is 8.56. The molecule has 0 fully saturated rings. The van der Waals surface area contributed by atoms with E-state index in [2.05, 4.69) is 37.2 Å². The average Bonchev–Trinajstić information content (AvgIpc) is 2.33. The van der Waals surface area contributed by atoms with Gasteiger partial charge in [-0.1, -0.05) is 27.5 Å². The van der Waals surface area contributed by atoms with Crippen LogP contribution in [0.2, 0.25) is 5.02 Å². The Bertz CT molecular complexity index is 584. The van der Waals surface area contributed by atoms with Gasteiger partial charge >= 0.3 is 0 Å². The number of carbonyl (C=O) groups is 1. The molecule has 2 aromatic rings. The average molecular weight is 389 g/mol. The van der Waals surface area contributed by atoms with Crippen LogP contribution < -0.4 is 5.32 Å². The third-order valence-electron chi connectivity index (χ3n) is 2.29. The summed E-state index contributed by atoms with van der Waals surface area (Å²) in [7, 11) is 0.